The van der Waals surface area contributed by atoms with E-state index in [1.807, 2.05) is 12.5 Å². The topological polar surface area (TPSA) is 42.8 Å². The lowest BCUT2D eigenvalue weighted by molar-refractivity contribution is 0.185. The molecule has 0 atom stereocenters. The Morgan fingerprint density at radius 1 is 1.18 bits per heavy atom. The summed E-state index contributed by atoms with van der Waals surface area (Å²) in [7, 11) is 1.71. The number of nitrogens with one attached hydrogen (secondary N) is 1. The molecule has 4 heteroatoms. The molecule has 0 saturated carbocycles. The zero-order valence-electron chi connectivity index (χ0n) is 12.6. The third-order valence-corrected chi connectivity index (χ3v) is 4.07. The molecule has 2 heterocycles. The average Bonchev–Trinajstić information content (AvgIpc) is 3.11. The van der Waals surface area contributed by atoms with Crippen molar-refractivity contribution in [3.63, 3.8) is 0 Å². The Bertz CT molecular complexity index is 965. The van der Waals surface area contributed by atoms with Gasteiger partial charge in [0, 0.05) is 29.9 Å². The van der Waals surface area contributed by atoms with E-state index < -0.39 is 0 Å². The predicted octanol–water partition coefficient (Wildman–Crippen LogP) is 3.96. The first-order chi connectivity index (χ1) is 10.8. The SMILES string of the molecule is COCc1ccc2c(c1)ncn2-c1ccc2[nH]cc(C)c2c1. The highest BCUT2D eigenvalue weighted by Gasteiger charge is 2.07. The van der Waals surface area contributed by atoms with Gasteiger partial charge in [-0.25, -0.2) is 4.98 Å². The zero-order valence-corrected chi connectivity index (χ0v) is 12.6. The third kappa shape index (κ3) is 2.00. The molecule has 0 amide bonds. The Morgan fingerprint density at radius 2 is 2.09 bits per heavy atom. The minimum absolute atomic E-state index is 0.608. The minimum atomic E-state index is 0.608. The lowest BCUT2D eigenvalue weighted by Gasteiger charge is -2.06. The van der Waals surface area contributed by atoms with E-state index >= 15 is 0 Å². The summed E-state index contributed by atoms with van der Waals surface area (Å²) >= 11 is 0. The molecular formula is C18H17N3O. The molecule has 0 fully saturated rings. The third-order valence-electron chi connectivity index (χ3n) is 4.07. The van der Waals surface area contributed by atoms with Gasteiger partial charge in [-0.3, -0.25) is 4.57 Å². The van der Waals surface area contributed by atoms with E-state index in [0.29, 0.717) is 6.61 Å². The van der Waals surface area contributed by atoms with Gasteiger partial charge in [0.2, 0.25) is 0 Å². The molecule has 0 spiro atoms. The maximum absolute atomic E-state index is 5.18. The fourth-order valence-corrected chi connectivity index (χ4v) is 2.92. The number of benzene rings is 2. The molecule has 0 aliphatic carbocycles. The highest BCUT2D eigenvalue weighted by Crippen LogP contribution is 2.24. The summed E-state index contributed by atoms with van der Waals surface area (Å²) in [5, 5.41) is 1.25. The van der Waals surface area contributed by atoms with Crippen molar-refractivity contribution in [1.82, 2.24) is 14.5 Å². The summed E-state index contributed by atoms with van der Waals surface area (Å²) in [4.78, 5) is 7.81. The van der Waals surface area contributed by atoms with Gasteiger partial charge in [-0.2, -0.15) is 0 Å². The summed E-state index contributed by atoms with van der Waals surface area (Å²) in [6.45, 7) is 2.73. The monoisotopic (exact) mass is 291 g/mol. The number of fused-ring (bicyclic) bond motifs is 2. The van der Waals surface area contributed by atoms with Crippen molar-refractivity contribution < 1.29 is 4.74 Å². The largest absolute Gasteiger partial charge is 0.380 e. The maximum atomic E-state index is 5.18. The van der Waals surface area contributed by atoms with E-state index in [4.69, 9.17) is 4.74 Å². The number of aryl methyl sites for hydroxylation is 1. The summed E-state index contributed by atoms with van der Waals surface area (Å²) in [6.07, 6.45) is 3.92. The van der Waals surface area contributed by atoms with E-state index in [9.17, 15) is 0 Å². The van der Waals surface area contributed by atoms with Gasteiger partial charge < -0.3 is 9.72 Å². The van der Waals surface area contributed by atoms with Gasteiger partial charge in [0.15, 0.2) is 0 Å². The normalized spacial score (nSPS) is 11.5. The Hall–Kier alpha value is -2.59. The number of aromatic nitrogens is 3. The first-order valence-electron chi connectivity index (χ1n) is 7.29. The first-order valence-corrected chi connectivity index (χ1v) is 7.29. The van der Waals surface area contributed by atoms with Crippen LogP contribution < -0.4 is 0 Å². The van der Waals surface area contributed by atoms with Crippen LogP contribution in [0, 0.1) is 6.92 Å². The Balaban J connectivity index is 1.86. The summed E-state index contributed by atoms with van der Waals surface area (Å²) in [5.41, 5.74) is 6.76. The minimum Gasteiger partial charge on any atom is -0.380 e. The van der Waals surface area contributed by atoms with E-state index in [1.54, 1.807) is 7.11 Å². The van der Waals surface area contributed by atoms with Crippen molar-refractivity contribution in [2.75, 3.05) is 7.11 Å². The number of aromatic amines is 1. The van der Waals surface area contributed by atoms with E-state index in [-0.39, 0.29) is 0 Å². The van der Waals surface area contributed by atoms with E-state index in [0.717, 1.165) is 27.8 Å². The van der Waals surface area contributed by atoms with Crippen molar-refractivity contribution >= 4 is 21.9 Å². The molecule has 110 valence electrons. The molecule has 4 nitrogen and oxygen atoms in total. The van der Waals surface area contributed by atoms with Crippen LogP contribution >= 0.6 is 0 Å². The van der Waals surface area contributed by atoms with Crippen LogP contribution in [0.1, 0.15) is 11.1 Å². The average molecular weight is 291 g/mol. The fourth-order valence-electron chi connectivity index (χ4n) is 2.92. The number of rotatable bonds is 3. The van der Waals surface area contributed by atoms with Gasteiger partial charge in [-0.1, -0.05) is 6.07 Å². The molecule has 0 unspecified atom stereocenters. The number of ether oxygens (including phenoxy) is 1. The molecule has 4 rings (SSSR count). The Morgan fingerprint density at radius 3 is 2.95 bits per heavy atom. The molecule has 0 saturated heterocycles. The molecule has 0 aliphatic heterocycles. The summed E-state index contributed by atoms with van der Waals surface area (Å²) in [6, 6.07) is 12.7. The lowest BCUT2D eigenvalue weighted by Crippen LogP contribution is -1.92. The van der Waals surface area contributed by atoms with Crippen molar-refractivity contribution in [1.29, 1.82) is 0 Å². The van der Waals surface area contributed by atoms with Crippen molar-refractivity contribution in [2.45, 2.75) is 13.5 Å². The van der Waals surface area contributed by atoms with Gasteiger partial charge in [-0.05, 0) is 48.4 Å². The Labute approximate surface area is 128 Å². The Kier molecular flexibility index (Phi) is 2.98. The van der Waals surface area contributed by atoms with Gasteiger partial charge in [0.05, 0.1) is 17.6 Å². The summed E-state index contributed by atoms with van der Waals surface area (Å²) in [5.74, 6) is 0. The number of hydrogen-bond donors (Lipinski definition) is 1. The second kappa shape index (κ2) is 5.00. The second-order valence-electron chi connectivity index (χ2n) is 5.57. The molecule has 4 aromatic rings. The fraction of sp³-hybridized carbons (Fsp3) is 0.167. The lowest BCUT2D eigenvalue weighted by atomic mass is 10.1. The molecule has 22 heavy (non-hydrogen) atoms. The van der Waals surface area contributed by atoms with Gasteiger partial charge in [0.25, 0.3) is 0 Å². The molecule has 1 N–H and O–H groups in total. The molecule has 2 aromatic heterocycles. The number of methoxy groups -OCH3 is 1. The highest BCUT2D eigenvalue weighted by molar-refractivity contribution is 5.86. The van der Waals surface area contributed by atoms with Crippen LogP contribution in [0.3, 0.4) is 0 Å². The van der Waals surface area contributed by atoms with Crippen LogP contribution in [0.4, 0.5) is 0 Å². The van der Waals surface area contributed by atoms with Crippen molar-refractivity contribution in [3.05, 3.63) is 60.0 Å². The quantitative estimate of drug-likeness (QED) is 0.621. The van der Waals surface area contributed by atoms with E-state index in [1.165, 1.54) is 10.9 Å². The standard InChI is InChI=1S/C18H17N3O/c1-12-9-19-16-5-4-14(8-15(12)16)21-11-20-17-7-13(10-22-2)3-6-18(17)21/h3-9,11,19H,10H2,1-2H3. The first kappa shape index (κ1) is 13.1. The molecule has 2 aromatic carbocycles. The zero-order chi connectivity index (χ0) is 15.1. The number of imidazole rings is 1. The number of nitrogens with zero attached hydrogens (tertiary/aromatic N) is 2. The number of H-pyrrole nitrogens is 1. The smallest absolute Gasteiger partial charge is 0.100 e. The van der Waals surface area contributed by atoms with Crippen LogP contribution in [-0.4, -0.2) is 21.6 Å². The molecule has 0 radical (unpaired) electrons. The van der Waals surface area contributed by atoms with Crippen LogP contribution in [0.5, 0.6) is 0 Å². The molecule has 0 bridgehead atoms. The van der Waals surface area contributed by atoms with Crippen molar-refractivity contribution in [2.24, 2.45) is 0 Å². The van der Waals surface area contributed by atoms with Crippen LogP contribution in [-0.2, 0) is 11.3 Å². The van der Waals surface area contributed by atoms with Crippen LogP contribution in [0.25, 0.3) is 27.6 Å². The van der Waals surface area contributed by atoms with E-state index in [2.05, 4.69) is 57.9 Å². The molecule has 0 aliphatic rings. The van der Waals surface area contributed by atoms with Crippen LogP contribution in [0.2, 0.25) is 0 Å². The van der Waals surface area contributed by atoms with Gasteiger partial charge in [-0.15, -0.1) is 0 Å². The van der Waals surface area contributed by atoms with Gasteiger partial charge >= 0.3 is 0 Å². The summed E-state index contributed by atoms with van der Waals surface area (Å²) < 4.78 is 7.31. The molecular weight excluding hydrogens is 274 g/mol. The van der Waals surface area contributed by atoms with Gasteiger partial charge in [0.1, 0.15) is 6.33 Å². The predicted molar refractivity (Wildman–Crippen MR) is 88.4 cm³/mol. The van der Waals surface area contributed by atoms with Crippen LogP contribution in [0.15, 0.2) is 48.9 Å². The van der Waals surface area contributed by atoms with Crippen molar-refractivity contribution in [3.8, 4) is 5.69 Å². The maximum Gasteiger partial charge on any atom is 0.100 e. The second-order valence-corrected chi connectivity index (χ2v) is 5.57. The highest BCUT2D eigenvalue weighted by atomic mass is 16.5. The number of hydrogen-bond acceptors (Lipinski definition) is 2.